The molecule has 9 heteroatoms. The zero-order valence-electron chi connectivity index (χ0n) is 16.6. The van der Waals surface area contributed by atoms with Crippen LogP contribution in [0.4, 0.5) is 13.2 Å². The molecule has 1 unspecified atom stereocenters. The van der Waals surface area contributed by atoms with E-state index in [0.717, 1.165) is 32.8 Å². The smallest absolute Gasteiger partial charge is 0.379 e. The Morgan fingerprint density at radius 2 is 1.59 bits per heavy atom. The number of carbonyl (C=O) groups excluding carboxylic acids is 1. The van der Waals surface area contributed by atoms with Crippen molar-refractivity contribution in [2.24, 2.45) is 0 Å². The van der Waals surface area contributed by atoms with E-state index < -0.39 is 17.7 Å². The first-order chi connectivity index (χ1) is 13.9. The molecule has 166 valence electrons. The van der Waals surface area contributed by atoms with E-state index in [1.54, 1.807) is 6.07 Å². The molecule has 0 aliphatic heterocycles. The fourth-order valence-corrected chi connectivity index (χ4v) is 2.95. The first-order valence-corrected chi connectivity index (χ1v) is 10.1. The molecule has 1 atom stereocenters. The Kier molecular flexibility index (Phi) is 12.2. The average molecular weight is 440 g/mol. The van der Waals surface area contributed by atoms with Crippen molar-refractivity contribution in [2.75, 3.05) is 46.0 Å². The van der Waals surface area contributed by atoms with Crippen LogP contribution in [0.5, 0.6) is 0 Å². The lowest BCUT2D eigenvalue weighted by molar-refractivity contribution is -0.265. The molecule has 29 heavy (non-hydrogen) atoms. The Balaban J connectivity index is 2.35. The van der Waals surface area contributed by atoms with Crippen molar-refractivity contribution in [3.8, 4) is 0 Å². The zero-order valence-corrected chi connectivity index (χ0v) is 17.4. The fourth-order valence-electron chi connectivity index (χ4n) is 2.76. The minimum Gasteiger partial charge on any atom is -0.379 e. The number of methoxy groups -OCH3 is 1. The van der Waals surface area contributed by atoms with Crippen LogP contribution in [0.1, 0.15) is 31.2 Å². The van der Waals surface area contributed by atoms with E-state index >= 15 is 0 Å². The molecule has 0 fully saturated rings. The van der Waals surface area contributed by atoms with Crippen LogP contribution < -0.4 is 5.32 Å². The number of nitrogens with one attached hydrogen (secondary N) is 1. The predicted octanol–water partition coefficient (Wildman–Crippen LogP) is 4.04. The van der Waals surface area contributed by atoms with Crippen molar-refractivity contribution in [3.05, 3.63) is 35.9 Å². The molecular formula is C20H29ClF3NO4. The van der Waals surface area contributed by atoms with Gasteiger partial charge in [-0.2, -0.15) is 13.2 Å². The molecule has 5 nitrogen and oxygen atoms in total. The minimum atomic E-state index is -4.92. The van der Waals surface area contributed by atoms with Gasteiger partial charge in [0.05, 0.1) is 19.8 Å². The van der Waals surface area contributed by atoms with Gasteiger partial charge in [-0.3, -0.25) is 4.79 Å². The lowest BCUT2D eigenvalue weighted by atomic mass is 9.91. The molecule has 1 amide bonds. The van der Waals surface area contributed by atoms with Gasteiger partial charge in [-0.1, -0.05) is 43.2 Å². The highest BCUT2D eigenvalue weighted by Crippen LogP contribution is 2.42. The highest BCUT2D eigenvalue weighted by Gasteiger charge is 2.62. The summed E-state index contributed by atoms with van der Waals surface area (Å²) in [6, 6.07) is 6.82. The van der Waals surface area contributed by atoms with Crippen LogP contribution in [0.2, 0.25) is 0 Å². The van der Waals surface area contributed by atoms with E-state index in [1.807, 2.05) is 0 Å². The zero-order chi connectivity index (χ0) is 21.6. The monoisotopic (exact) mass is 439 g/mol. The molecule has 0 aromatic heterocycles. The molecule has 0 bridgehead atoms. The maximum absolute atomic E-state index is 13.7. The highest BCUT2D eigenvalue weighted by atomic mass is 35.5. The van der Waals surface area contributed by atoms with Crippen molar-refractivity contribution in [2.45, 2.75) is 37.5 Å². The second-order valence-corrected chi connectivity index (χ2v) is 6.71. The number of halogens is 4. The van der Waals surface area contributed by atoms with Gasteiger partial charge < -0.3 is 19.5 Å². The molecule has 0 saturated carbocycles. The third kappa shape index (κ3) is 8.12. The molecular weight excluding hydrogens is 411 g/mol. The minimum absolute atomic E-state index is 0.0667. The Hall–Kier alpha value is -1.35. The van der Waals surface area contributed by atoms with Crippen LogP contribution in [0.3, 0.4) is 0 Å². The summed E-state index contributed by atoms with van der Waals surface area (Å²) >= 11 is 5.59. The van der Waals surface area contributed by atoms with Crippen molar-refractivity contribution in [3.63, 3.8) is 0 Å². The lowest BCUT2D eigenvalue weighted by Gasteiger charge is -2.33. The van der Waals surface area contributed by atoms with Crippen molar-refractivity contribution in [1.29, 1.82) is 0 Å². The number of hydrogen-bond acceptors (Lipinski definition) is 4. The van der Waals surface area contributed by atoms with Gasteiger partial charge in [0, 0.05) is 31.7 Å². The van der Waals surface area contributed by atoms with Gasteiger partial charge in [0.15, 0.2) is 0 Å². The normalized spacial score (nSPS) is 13.8. The van der Waals surface area contributed by atoms with E-state index in [0.29, 0.717) is 25.7 Å². The van der Waals surface area contributed by atoms with Crippen LogP contribution in [0, 0.1) is 0 Å². The van der Waals surface area contributed by atoms with Crippen LogP contribution in [0.25, 0.3) is 0 Å². The third-order valence-electron chi connectivity index (χ3n) is 4.28. The molecule has 1 N–H and O–H groups in total. The summed E-state index contributed by atoms with van der Waals surface area (Å²) < 4.78 is 56.5. The summed E-state index contributed by atoms with van der Waals surface area (Å²) in [4.78, 5) is 12.4. The standard InChI is InChI=1S/C20H29ClF3NO4/c1-27-19(20(22,23)24,17-9-5-4-6-10-17)18(26)25-12-14-29-16-15-28-13-8-3-2-7-11-21/h4-6,9-10H,2-3,7-8,11-16H2,1H3,(H,25,26). The van der Waals surface area contributed by atoms with Gasteiger partial charge >= 0.3 is 6.18 Å². The predicted molar refractivity (Wildman–Crippen MR) is 105 cm³/mol. The Morgan fingerprint density at radius 3 is 2.17 bits per heavy atom. The van der Waals surface area contributed by atoms with Gasteiger partial charge in [-0.05, 0) is 12.8 Å². The van der Waals surface area contributed by atoms with E-state index in [1.165, 1.54) is 24.3 Å². The van der Waals surface area contributed by atoms with Gasteiger partial charge in [-0.25, -0.2) is 0 Å². The average Bonchev–Trinajstić information content (AvgIpc) is 2.69. The maximum Gasteiger partial charge on any atom is 0.430 e. The van der Waals surface area contributed by atoms with Crippen LogP contribution >= 0.6 is 11.6 Å². The number of rotatable bonds is 15. The fraction of sp³-hybridized carbons (Fsp3) is 0.650. The van der Waals surface area contributed by atoms with Crippen molar-refractivity contribution in [1.82, 2.24) is 5.32 Å². The molecule has 1 aromatic rings. The highest BCUT2D eigenvalue weighted by molar-refractivity contribution is 6.17. The Labute approximate surface area is 174 Å². The molecule has 0 saturated heterocycles. The molecule has 1 rings (SSSR count). The number of ether oxygens (including phenoxy) is 3. The molecule has 0 radical (unpaired) electrons. The summed E-state index contributed by atoms with van der Waals surface area (Å²) in [7, 11) is 0.865. The summed E-state index contributed by atoms with van der Waals surface area (Å²) in [5, 5.41) is 2.25. The number of amides is 1. The molecule has 0 spiro atoms. The molecule has 0 aliphatic carbocycles. The Morgan fingerprint density at radius 1 is 0.966 bits per heavy atom. The second-order valence-electron chi connectivity index (χ2n) is 6.33. The first kappa shape index (κ1) is 25.7. The van der Waals surface area contributed by atoms with Crippen LogP contribution in [-0.2, 0) is 24.6 Å². The van der Waals surface area contributed by atoms with E-state index in [2.05, 4.69) is 5.32 Å². The van der Waals surface area contributed by atoms with Gasteiger partial charge in [0.2, 0.25) is 0 Å². The third-order valence-corrected chi connectivity index (χ3v) is 4.55. The van der Waals surface area contributed by atoms with Crippen LogP contribution in [-0.4, -0.2) is 58.0 Å². The van der Waals surface area contributed by atoms with Crippen LogP contribution in [0.15, 0.2) is 30.3 Å². The molecule has 0 heterocycles. The van der Waals surface area contributed by atoms with E-state index in [9.17, 15) is 18.0 Å². The molecule has 1 aromatic carbocycles. The summed E-state index contributed by atoms with van der Waals surface area (Å²) in [5.41, 5.74) is -3.35. The second kappa shape index (κ2) is 13.8. The number of unbranched alkanes of at least 4 members (excludes halogenated alkanes) is 3. The Bertz CT molecular complexity index is 575. The molecule has 0 aliphatic rings. The van der Waals surface area contributed by atoms with Gasteiger partial charge in [0.1, 0.15) is 0 Å². The quantitative estimate of drug-likeness (QED) is 0.331. The van der Waals surface area contributed by atoms with Gasteiger partial charge in [-0.15, -0.1) is 11.6 Å². The van der Waals surface area contributed by atoms with E-state index in [-0.39, 0.29) is 18.7 Å². The largest absolute Gasteiger partial charge is 0.430 e. The van der Waals surface area contributed by atoms with Crippen molar-refractivity contribution >= 4 is 17.5 Å². The number of hydrogen-bond donors (Lipinski definition) is 1. The summed E-state index contributed by atoms with van der Waals surface area (Å²) in [6.07, 6.45) is -0.845. The topological polar surface area (TPSA) is 56.8 Å². The van der Waals surface area contributed by atoms with Gasteiger partial charge in [0.25, 0.3) is 11.5 Å². The SMILES string of the molecule is COC(C(=O)NCCOCCOCCCCCCCl)(c1ccccc1)C(F)(F)F. The summed E-state index contributed by atoms with van der Waals surface area (Å²) in [6.45, 7) is 1.30. The number of benzene rings is 1. The lowest BCUT2D eigenvalue weighted by Crippen LogP contribution is -2.56. The van der Waals surface area contributed by atoms with Crippen molar-refractivity contribution < 1.29 is 32.2 Å². The summed E-state index contributed by atoms with van der Waals surface area (Å²) in [5.74, 6) is -0.610. The number of alkyl halides is 4. The first-order valence-electron chi connectivity index (χ1n) is 9.57. The maximum atomic E-state index is 13.7. The number of carbonyl (C=O) groups is 1. The van der Waals surface area contributed by atoms with E-state index in [4.69, 9.17) is 25.8 Å².